The molecule has 0 amide bonds. The minimum atomic E-state index is 0.00755. The fourth-order valence-electron chi connectivity index (χ4n) is 0.395. The molecule has 1 N–H and O–H groups in total. The Balaban J connectivity index is 3.34. The summed E-state index contributed by atoms with van der Waals surface area (Å²) in [6.07, 6.45) is 1.66. The van der Waals surface area contributed by atoms with Crippen molar-refractivity contribution in [1.82, 2.24) is 0 Å². The smallest absolute Gasteiger partial charge is 0.272 e. The van der Waals surface area contributed by atoms with Gasteiger partial charge in [0.25, 0.3) is 5.95 Å². The van der Waals surface area contributed by atoms with Gasteiger partial charge in [-0.25, -0.2) is 0 Å². The summed E-state index contributed by atoms with van der Waals surface area (Å²) in [6, 6.07) is 0. The average molecular weight is 162 g/mol. The van der Waals surface area contributed by atoms with Gasteiger partial charge in [-0.15, -0.1) is 0 Å². The maximum Gasteiger partial charge on any atom is 0.272 e. The number of thioether (sulfide) groups is 1. The largest absolute Gasteiger partial charge is 0.481 e. The van der Waals surface area contributed by atoms with Gasteiger partial charge in [0.2, 0.25) is 0 Å². The van der Waals surface area contributed by atoms with Crippen molar-refractivity contribution in [3.05, 3.63) is 12.0 Å². The van der Waals surface area contributed by atoms with Crippen molar-refractivity contribution < 1.29 is 9.84 Å². The van der Waals surface area contributed by atoms with E-state index in [-0.39, 0.29) is 5.95 Å². The van der Waals surface area contributed by atoms with E-state index in [1.807, 2.05) is 0 Å². The van der Waals surface area contributed by atoms with Crippen LogP contribution < -0.4 is 0 Å². The molecule has 0 aliphatic carbocycles. The van der Waals surface area contributed by atoms with Gasteiger partial charge >= 0.3 is 0 Å². The first-order valence-corrected chi connectivity index (χ1v) is 4.26. The van der Waals surface area contributed by atoms with E-state index >= 15 is 0 Å². The molecule has 0 fully saturated rings. The van der Waals surface area contributed by atoms with Crippen LogP contribution in [0, 0.1) is 0 Å². The third-order valence-corrected chi connectivity index (χ3v) is 1.92. The number of rotatable bonds is 4. The van der Waals surface area contributed by atoms with E-state index < -0.39 is 0 Å². The molecule has 0 aromatic rings. The highest BCUT2D eigenvalue weighted by Gasteiger charge is 1.92. The quantitative estimate of drug-likeness (QED) is 0.642. The molecule has 3 heteroatoms. The summed E-state index contributed by atoms with van der Waals surface area (Å²) in [5, 5.41) is 9.39. The Bertz CT molecular complexity index is 110. The molecule has 2 nitrogen and oxygen atoms in total. The summed E-state index contributed by atoms with van der Waals surface area (Å²) in [4.78, 5) is 0. The topological polar surface area (TPSA) is 29.5 Å². The monoisotopic (exact) mass is 162 g/mol. The zero-order valence-electron chi connectivity index (χ0n) is 6.63. The van der Waals surface area contributed by atoms with E-state index in [0.29, 0.717) is 5.25 Å². The Morgan fingerprint density at radius 3 is 2.70 bits per heavy atom. The highest BCUT2D eigenvalue weighted by molar-refractivity contribution is 7.99. The number of methoxy groups -OCH3 is 1. The summed E-state index contributed by atoms with van der Waals surface area (Å²) in [7, 11) is 1.45. The van der Waals surface area contributed by atoms with Crippen LogP contribution >= 0.6 is 11.8 Å². The van der Waals surface area contributed by atoms with Crippen LogP contribution in [0.15, 0.2) is 12.0 Å². The first-order valence-electron chi connectivity index (χ1n) is 3.21. The van der Waals surface area contributed by atoms with Crippen molar-refractivity contribution in [2.24, 2.45) is 0 Å². The van der Waals surface area contributed by atoms with Gasteiger partial charge in [0.15, 0.2) is 0 Å². The summed E-state index contributed by atoms with van der Waals surface area (Å²) < 4.78 is 4.54. The molecule has 0 aliphatic heterocycles. The molecule has 0 aliphatic rings. The van der Waals surface area contributed by atoms with Crippen molar-refractivity contribution in [2.45, 2.75) is 19.1 Å². The number of ether oxygens (including phenoxy) is 1. The van der Waals surface area contributed by atoms with Crippen molar-refractivity contribution in [1.29, 1.82) is 0 Å². The second-order valence-electron chi connectivity index (χ2n) is 2.13. The lowest BCUT2D eigenvalue weighted by Gasteiger charge is -2.00. The number of aliphatic hydroxyl groups is 1. The molecule has 0 saturated heterocycles. The Morgan fingerprint density at radius 1 is 1.70 bits per heavy atom. The average Bonchev–Trinajstić information content (AvgIpc) is 1.87. The second kappa shape index (κ2) is 5.47. The third-order valence-electron chi connectivity index (χ3n) is 0.897. The van der Waals surface area contributed by atoms with E-state index in [0.717, 1.165) is 5.75 Å². The molecule has 10 heavy (non-hydrogen) atoms. The summed E-state index contributed by atoms with van der Waals surface area (Å²) in [5.41, 5.74) is 0. The van der Waals surface area contributed by atoms with Crippen molar-refractivity contribution in [3.63, 3.8) is 0 Å². The highest BCUT2D eigenvalue weighted by Crippen LogP contribution is 2.09. The lowest BCUT2D eigenvalue weighted by molar-refractivity contribution is 0.135. The molecule has 0 saturated carbocycles. The van der Waals surface area contributed by atoms with Crippen LogP contribution in [0.4, 0.5) is 0 Å². The van der Waals surface area contributed by atoms with Gasteiger partial charge in [-0.05, 0) is 5.25 Å². The van der Waals surface area contributed by atoms with Gasteiger partial charge in [-0.2, -0.15) is 11.8 Å². The third kappa shape index (κ3) is 5.82. The predicted molar refractivity (Wildman–Crippen MR) is 45.3 cm³/mol. The van der Waals surface area contributed by atoms with E-state index in [1.54, 1.807) is 17.8 Å². The molecule has 0 atom stereocenters. The van der Waals surface area contributed by atoms with E-state index in [9.17, 15) is 0 Å². The lowest BCUT2D eigenvalue weighted by Crippen LogP contribution is -1.89. The minimum absolute atomic E-state index is 0.00755. The summed E-state index contributed by atoms with van der Waals surface area (Å²) in [5.74, 6) is 0.810. The normalized spacial score (nSPS) is 12.2. The standard InChI is InChI=1S/C7H14O2S/c1-6(2)10-5-4-7(8)9-3/h4,6,8H,5H2,1-3H3/b7-4+. The van der Waals surface area contributed by atoms with Gasteiger partial charge in [-0.1, -0.05) is 13.8 Å². The first-order chi connectivity index (χ1) is 4.66. The maximum absolute atomic E-state index is 8.80. The molecule has 0 radical (unpaired) electrons. The van der Waals surface area contributed by atoms with E-state index in [4.69, 9.17) is 5.11 Å². The van der Waals surface area contributed by atoms with Crippen molar-refractivity contribution in [3.8, 4) is 0 Å². The van der Waals surface area contributed by atoms with Crippen molar-refractivity contribution in [2.75, 3.05) is 12.9 Å². The first kappa shape index (κ1) is 9.69. The zero-order chi connectivity index (χ0) is 7.98. The van der Waals surface area contributed by atoms with Crippen LogP contribution in [0.25, 0.3) is 0 Å². The van der Waals surface area contributed by atoms with Crippen LogP contribution in [-0.4, -0.2) is 23.2 Å². The SMILES string of the molecule is CO/C(O)=C/CSC(C)C. The Hall–Kier alpha value is -0.310. The van der Waals surface area contributed by atoms with Gasteiger partial charge < -0.3 is 9.84 Å². The number of hydrogen-bond acceptors (Lipinski definition) is 3. The molecule has 0 aromatic heterocycles. The van der Waals surface area contributed by atoms with E-state index in [2.05, 4.69) is 18.6 Å². The van der Waals surface area contributed by atoms with Crippen molar-refractivity contribution >= 4 is 11.8 Å². The number of aliphatic hydroxyl groups excluding tert-OH is 1. The van der Waals surface area contributed by atoms with Crippen LogP contribution in [-0.2, 0) is 4.74 Å². The second-order valence-corrected chi connectivity index (χ2v) is 3.74. The summed E-state index contributed by atoms with van der Waals surface area (Å²) in [6.45, 7) is 4.23. The molecular weight excluding hydrogens is 148 g/mol. The van der Waals surface area contributed by atoms with Gasteiger partial charge in [0.1, 0.15) is 0 Å². The minimum Gasteiger partial charge on any atom is -0.481 e. The molecule has 0 unspecified atom stereocenters. The Labute approximate surface area is 66.3 Å². The van der Waals surface area contributed by atoms with Gasteiger partial charge in [0.05, 0.1) is 7.11 Å². The molecule has 0 rings (SSSR count). The van der Waals surface area contributed by atoms with Gasteiger partial charge in [0, 0.05) is 11.8 Å². The maximum atomic E-state index is 8.80. The van der Waals surface area contributed by atoms with Gasteiger partial charge in [-0.3, -0.25) is 0 Å². The highest BCUT2D eigenvalue weighted by atomic mass is 32.2. The zero-order valence-corrected chi connectivity index (χ0v) is 7.44. The molecule has 0 heterocycles. The van der Waals surface area contributed by atoms with Crippen LogP contribution in [0.3, 0.4) is 0 Å². The van der Waals surface area contributed by atoms with E-state index in [1.165, 1.54) is 7.11 Å². The Kier molecular flexibility index (Phi) is 5.30. The Morgan fingerprint density at radius 2 is 2.30 bits per heavy atom. The molecule has 0 spiro atoms. The molecular formula is C7H14O2S. The molecule has 60 valence electrons. The fourth-order valence-corrected chi connectivity index (χ4v) is 1.02. The van der Waals surface area contributed by atoms with Crippen LogP contribution in [0.5, 0.6) is 0 Å². The molecule has 0 aromatic carbocycles. The summed E-state index contributed by atoms with van der Waals surface area (Å²) >= 11 is 1.76. The lowest BCUT2D eigenvalue weighted by atomic mass is 10.6. The fraction of sp³-hybridized carbons (Fsp3) is 0.714. The number of hydrogen-bond donors (Lipinski definition) is 1. The molecule has 0 bridgehead atoms. The predicted octanol–water partition coefficient (Wildman–Crippen LogP) is 2.17. The van der Waals surface area contributed by atoms with Crippen LogP contribution in [0.1, 0.15) is 13.8 Å². The van der Waals surface area contributed by atoms with Crippen LogP contribution in [0.2, 0.25) is 0 Å².